The third-order valence-electron chi connectivity index (χ3n) is 6.27. The molecule has 4 rings (SSSR count). The Morgan fingerprint density at radius 1 is 1.21 bits per heavy atom. The second kappa shape index (κ2) is 10.2. The van der Waals surface area contributed by atoms with Crippen molar-refractivity contribution in [3.8, 4) is 16.9 Å². The zero-order chi connectivity index (χ0) is 23.3. The highest BCUT2D eigenvalue weighted by Crippen LogP contribution is 2.37. The molecule has 6 nitrogen and oxygen atoms in total. The molecule has 2 heterocycles. The van der Waals surface area contributed by atoms with E-state index in [2.05, 4.69) is 10.4 Å². The van der Waals surface area contributed by atoms with Gasteiger partial charge in [-0.05, 0) is 61.6 Å². The minimum Gasteiger partial charge on any atom is -0.496 e. The first-order valence-corrected chi connectivity index (χ1v) is 11.3. The minimum atomic E-state index is -0.539. The van der Waals surface area contributed by atoms with Gasteiger partial charge in [0.05, 0.1) is 24.8 Å². The Balaban J connectivity index is 1.52. The quantitative estimate of drug-likeness (QED) is 0.559. The maximum absolute atomic E-state index is 13.9. The summed E-state index contributed by atoms with van der Waals surface area (Å²) in [6.45, 7) is 4.20. The molecule has 1 aliphatic heterocycles. The number of rotatable bonds is 8. The van der Waals surface area contributed by atoms with Crippen molar-refractivity contribution in [3.63, 3.8) is 0 Å². The zero-order valence-electron chi connectivity index (χ0n) is 19.1. The molecule has 1 aromatic heterocycles. The fourth-order valence-electron chi connectivity index (χ4n) is 4.45. The number of nitrogens with zero attached hydrogens (tertiary/aromatic N) is 2. The maximum atomic E-state index is 13.9. The average Bonchev–Trinajstić information content (AvgIpc) is 3.24. The van der Waals surface area contributed by atoms with E-state index < -0.39 is 5.41 Å². The maximum Gasteiger partial charge on any atom is 0.226 e. The predicted molar refractivity (Wildman–Crippen MR) is 125 cm³/mol. The Bertz CT molecular complexity index is 1110. The number of aromatic nitrogens is 2. The molecule has 0 atom stereocenters. The van der Waals surface area contributed by atoms with Crippen LogP contribution in [0.2, 0.25) is 0 Å². The number of carbonyl (C=O) groups excluding carboxylic acids is 1. The van der Waals surface area contributed by atoms with Crippen molar-refractivity contribution in [2.75, 3.05) is 26.9 Å². The van der Waals surface area contributed by atoms with Crippen LogP contribution in [0.3, 0.4) is 0 Å². The van der Waals surface area contributed by atoms with Gasteiger partial charge in [-0.15, -0.1) is 0 Å². The third kappa shape index (κ3) is 5.42. The summed E-state index contributed by atoms with van der Waals surface area (Å²) in [5.74, 6) is 0.341. The van der Waals surface area contributed by atoms with Crippen molar-refractivity contribution in [3.05, 3.63) is 71.8 Å². The van der Waals surface area contributed by atoms with E-state index >= 15 is 0 Å². The van der Waals surface area contributed by atoms with Gasteiger partial charge < -0.3 is 14.8 Å². The van der Waals surface area contributed by atoms with Crippen LogP contribution in [0.15, 0.2) is 54.7 Å². The largest absolute Gasteiger partial charge is 0.496 e. The summed E-state index contributed by atoms with van der Waals surface area (Å²) < 4.78 is 26.8. The van der Waals surface area contributed by atoms with E-state index in [4.69, 9.17) is 9.47 Å². The van der Waals surface area contributed by atoms with Crippen LogP contribution < -0.4 is 10.1 Å². The van der Waals surface area contributed by atoms with Crippen molar-refractivity contribution in [1.29, 1.82) is 0 Å². The number of aryl methyl sites for hydroxylation is 1. The Labute approximate surface area is 193 Å². The van der Waals surface area contributed by atoms with Gasteiger partial charge in [-0.1, -0.05) is 24.3 Å². The number of amides is 1. The predicted octanol–water partition coefficient (Wildman–Crippen LogP) is 4.16. The number of methoxy groups -OCH3 is 1. The van der Waals surface area contributed by atoms with E-state index in [1.807, 2.05) is 48.1 Å². The van der Waals surface area contributed by atoms with Crippen LogP contribution in [-0.4, -0.2) is 42.6 Å². The molecule has 1 fully saturated rings. The Hall–Kier alpha value is -3.19. The third-order valence-corrected chi connectivity index (χ3v) is 6.27. The molecule has 3 aromatic rings. The molecule has 0 unspecified atom stereocenters. The van der Waals surface area contributed by atoms with Gasteiger partial charge in [-0.25, -0.2) is 4.39 Å². The fourth-order valence-corrected chi connectivity index (χ4v) is 4.45. The summed E-state index contributed by atoms with van der Waals surface area (Å²) in [5.41, 5.74) is 3.00. The summed E-state index contributed by atoms with van der Waals surface area (Å²) in [4.78, 5) is 13.4. The highest BCUT2D eigenvalue weighted by Gasteiger charge is 2.40. The van der Waals surface area contributed by atoms with Gasteiger partial charge in [-0.3, -0.25) is 9.48 Å². The summed E-state index contributed by atoms with van der Waals surface area (Å²) >= 11 is 0. The van der Waals surface area contributed by atoms with E-state index in [0.717, 1.165) is 16.8 Å². The van der Waals surface area contributed by atoms with Crippen molar-refractivity contribution in [2.24, 2.45) is 5.41 Å². The van der Waals surface area contributed by atoms with E-state index in [9.17, 15) is 9.18 Å². The molecule has 7 heteroatoms. The van der Waals surface area contributed by atoms with Crippen LogP contribution in [-0.2, 0) is 22.5 Å². The molecule has 33 heavy (non-hydrogen) atoms. The van der Waals surface area contributed by atoms with Crippen molar-refractivity contribution < 1.29 is 18.7 Å². The lowest BCUT2D eigenvalue weighted by atomic mass is 9.74. The van der Waals surface area contributed by atoms with Crippen LogP contribution in [0, 0.1) is 18.2 Å². The SMILES string of the molecule is COc1ccc(F)cc1-c1cccc(CC2(C(=O)NCCn3ccc(C)n3)CCOCC2)c1. The second-order valence-corrected chi connectivity index (χ2v) is 8.59. The number of halogens is 1. The lowest BCUT2D eigenvalue weighted by Gasteiger charge is -2.36. The molecule has 1 aliphatic rings. The van der Waals surface area contributed by atoms with E-state index in [0.29, 0.717) is 56.9 Å². The van der Waals surface area contributed by atoms with E-state index in [-0.39, 0.29) is 11.7 Å². The lowest BCUT2D eigenvalue weighted by Crippen LogP contribution is -2.46. The molecule has 0 aliphatic carbocycles. The van der Waals surface area contributed by atoms with Crippen molar-refractivity contribution in [2.45, 2.75) is 32.7 Å². The number of hydrogen-bond acceptors (Lipinski definition) is 4. The molecular formula is C26H30FN3O3. The number of nitrogens with one attached hydrogen (secondary N) is 1. The van der Waals surface area contributed by atoms with Gasteiger partial charge in [-0.2, -0.15) is 5.10 Å². The highest BCUT2D eigenvalue weighted by molar-refractivity contribution is 5.83. The first-order chi connectivity index (χ1) is 16.0. The van der Waals surface area contributed by atoms with Crippen molar-refractivity contribution >= 4 is 5.91 Å². The molecular weight excluding hydrogens is 421 g/mol. The number of benzene rings is 2. The molecule has 174 valence electrons. The molecule has 0 spiro atoms. The molecule has 1 saturated heterocycles. The van der Waals surface area contributed by atoms with Gasteiger partial charge in [0.1, 0.15) is 11.6 Å². The van der Waals surface area contributed by atoms with Gasteiger partial charge in [0.15, 0.2) is 0 Å². The smallest absolute Gasteiger partial charge is 0.226 e. The fraction of sp³-hybridized carbons (Fsp3) is 0.385. The second-order valence-electron chi connectivity index (χ2n) is 8.59. The van der Waals surface area contributed by atoms with Gasteiger partial charge in [0.25, 0.3) is 0 Å². The number of ether oxygens (including phenoxy) is 2. The van der Waals surface area contributed by atoms with Gasteiger partial charge >= 0.3 is 0 Å². The summed E-state index contributed by atoms with van der Waals surface area (Å²) in [6, 6.07) is 14.4. The molecule has 0 radical (unpaired) electrons. The molecule has 0 saturated carbocycles. The average molecular weight is 452 g/mol. The number of carbonyl (C=O) groups is 1. The van der Waals surface area contributed by atoms with Crippen LogP contribution in [0.5, 0.6) is 5.75 Å². The lowest BCUT2D eigenvalue weighted by molar-refractivity contribution is -0.136. The highest BCUT2D eigenvalue weighted by atomic mass is 19.1. The summed E-state index contributed by atoms with van der Waals surface area (Å²) in [6.07, 6.45) is 3.83. The Morgan fingerprint density at radius 2 is 2.03 bits per heavy atom. The van der Waals surface area contributed by atoms with Crippen molar-refractivity contribution in [1.82, 2.24) is 15.1 Å². The van der Waals surface area contributed by atoms with Crippen LogP contribution in [0.25, 0.3) is 11.1 Å². The van der Waals surface area contributed by atoms with E-state index in [1.165, 1.54) is 12.1 Å². The standard InChI is InChI=1S/C26H30FN3O3/c1-19-8-12-30(29-19)13-11-28-25(31)26(9-14-33-15-10-26)18-20-4-3-5-21(16-20)23-17-22(27)6-7-24(23)32-2/h3-8,12,16-17H,9-11,13-15,18H2,1-2H3,(H,28,31). The molecule has 1 amide bonds. The minimum absolute atomic E-state index is 0.0448. The normalized spacial score (nSPS) is 15.2. The van der Waals surface area contributed by atoms with Gasteiger partial charge in [0.2, 0.25) is 5.91 Å². The Kier molecular flexibility index (Phi) is 7.08. The first kappa shape index (κ1) is 23.0. The van der Waals surface area contributed by atoms with Crippen LogP contribution >= 0.6 is 0 Å². The van der Waals surface area contributed by atoms with Gasteiger partial charge in [0, 0.05) is 31.5 Å². The summed E-state index contributed by atoms with van der Waals surface area (Å²) in [7, 11) is 1.58. The molecule has 0 bridgehead atoms. The first-order valence-electron chi connectivity index (χ1n) is 11.3. The topological polar surface area (TPSA) is 65.4 Å². The zero-order valence-corrected chi connectivity index (χ0v) is 19.1. The number of hydrogen-bond donors (Lipinski definition) is 1. The van der Waals surface area contributed by atoms with Crippen LogP contribution in [0.4, 0.5) is 4.39 Å². The van der Waals surface area contributed by atoms with E-state index in [1.54, 1.807) is 13.2 Å². The molecule has 1 N–H and O–H groups in total. The Morgan fingerprint density at radius 3 is 2.76 bits per heavy atom. The monoisotopic (exact) mass is 451 g/mol. The molecule has 2 aromatic carbocycles. The van der Waals surface area contributed by atoms with Crippen LogP contribution in [0.1, 0.15) is 24.1 Å². The summed E-state index contributed by atoms with van der Waals surface area (Å²) in [5, 5.41) is 7.49.